The maximum Gasteiger partial charge on any atom is 0.317 e. The van der Waals surface area contributed by atoms with E-state index in [4.69, 9.17) is 4.52 Å². The summed E-state index contributed by atoms with van der Waals surface area (Å²) in [6.45, 7) is 1.56. The molecular weight excluding hydrogens is 332 g/mol. The molecule has 1 atom stereocenters. The molecule has 1 aliphatic heterocycles. The Bertz CT molecular complexity index is 728. The molecule has 0 spiro atoms. The van der Waals surface area contributed by atoms with Gasteiger partial charge < -0.3 is 14.7 Å². The summed E-state index contributed by atoms with van der Waals surface area (Å²) in [6.07, 6.45) is 12.2. The van der Waals surface area contributed by atoms with Crippen LogP contribution in [-0.4, -0.2) is 50.2 Å². The van der Waals surface area contributed by atoms with Crippen LogP contribution in [0.1, 0.15) is 44.4 Å². The molecule has 0 aromatic carbocycles. The highest BCUT2D eigenvalue weighted by Crippen LogP contribution is 2.23. The van der Waals surface area contributed by atoms with E-state index in [2.05, 4.69) is 25.4 Å². The second-order valence-corrected chi connectivity index (χ2v) is 7.19. The van der Waals surface area contributed by atoms with Crippen LogP contribution in [0.5, 0.6) is 0 Å². The van der Waals surface area contributed by atoms with Crippen LogP contribution < -0.4 is 5.32 Å². The van der Waals surface area contributed by atoms with Gasteiger partial charge in [0.15, 0.2) is 0 Å². The topological polar surface area (TPSA) is 97.0 Å². The van der Waals surface area contributed by atoms with Gasteiger partial charge in [-0.15, -0.1) is 0 Å². The summed E-state index contributed by atoms with van der Waals surface area (Å²) in [6, 6.07) is 0.431. The minimum absolute atomic E-state index is 0.0763. The third kappa shape index (κ3) is 4.00. The van der Waals surface area contributed by atoms with Crippen LogP contribution in [0.4, 0.5) is 4.79 Å². The molecule has 2 fully saturated rings. The third-order valence-electron chi connectivity index (χ3n) is 5.21. The number of urea groups is 1. The van der Waals surface area contributed by atoms with Gasteiger partial charge in [-0.1, -0.05) is 18.0 Å². The maximum absolute atomic E-state index is 12.5. The molecule has 0 bridgehead atoms. The van der Waals surface area contributed by atoms with Crippen molar-refractivity contribution in [2.45, 2.75) is 51.0 Å². The Balaban J connectivity index is 1.33. The SMILES string of the molecule is O=C(NC1CCCC1)N1CCCC(Cc2nc(-c3cnccn3)no2)C1. The lowest BCUT2D eigenvalue weighted by molar-refractivity contribution is 0.158. The number of carbonyl (C=O) groups is 1. The number of nitrogens with one attached hydrogen (secondary N) is 1. The average molecular weight is 356 g/mol. The molecule has 4 rings (SSSR count). The summed E-state index contributed by atoms with van der Waals surface area (Å²) in [7, 11) is 0. The van der Waals surface area contributed by atoms with Crippen LogP contribution in [0.3, 0.4) is 0 Å². The van der Waals surface area contributed by atoms with E-state index in [-0.39, 0.29) is 6.03 Å². The fourth-order valence-electron chi connectivity index (χ4n) is 3.86. The van der Waals surface area contributed by atoms with Crippen LogP contribution in [0, 0.1) is 5.92 Å². The lowest BCUT2D eigenvalue weighted by atomic mass is 9.95. The van der Waals surface area contributed by atoms with Crippen molar-refractivity contribution < 1.29 is 9.32 Å². The van der Waals surface area contributed by atoms with Crippen molar-refractivity contribution in [3.8, 4) is 11.5 Å². The van der Waals surface area contributed by atoms with Crippen LogP contribution in [0.2, 0.25) is 0 Å². The van der Waals surface area contributed by atoms with Crippen LogP contribution in [0.25, 0.3) is 11.5 Å². The molecule has 8 nitrogen and oxygen atoms in total. The molecule has 1 saturated carbocycles. The predicted octanol–water partition coefficient (Wildman–Crippen LogP) is 2.43. The van der Waals surface area contributed by atoms with Gasteiger partial charge in [-0.05, 0) is 31.6 Å². The summed E-state index contributed by atoms with van der Waals surface area (Å²) in [5.41, 5.74) is 0.601. The first kappa shape index (κ1) is 16.9. The first-order chi connectivity index (χ1) is 12.8. The van der Waals surface area contributed by atoms with E-state index in [0.29, 0.717) is 35.8 Å². The molecule has 1 N–H and O–H groups in total. The summed E-state index contributed by atoms with van der Waals surface area (Å²) in [5, 5.41) is 7.17. The molecule has 2 aromatic heterocycles. The van der Waals surface area contributed by atoms with Crippen LogP contribution >= 0.6 is 0 Å². The Morgan fingerprint density at radius 2 is 2.12 bits per heavy atom. The number of amides is 2. The molecular formula is C18H24N6O2. The highest BCUT2D eigenvalue weighted by molar-refractivity contribution is 5.74. The van der Waals surface area contributed by atoms with Crippen molar-refractivity contribution >= 4 is 6.03 Å². The highest BCUT2D eigenvalue weighted by Gasteiger charge is 2.27. The summed E-state index contributed by atoms with van der Waals surface area (Å²) in [4.78, 5) is 27.1. The number of hydrogen-bond donors (Lipinski definition) is 1. The van der Waals surface area contributed by atoms with Crippen molar-refractivity contribution in [1.29, 1.82) is 0 Å². The van der Waals surface area contributed by atoms with Gasteiger partial charge in [0.25, 0.3) is 0 Å². The summed E-state index contributed by atoms with van der Waals surface area (Å²) >= 11 is 0. The Morgan fingerprint density at radius 3 is 2.92 bits per heavy atom. The molecule has 2 aliphatic rings. The fourth-order valence-corrected chi connectivity index (χ4v) is 3.86. The third-order valence-corrected chi connectivity index (χ3v) is 5.21. The minimum Gasteiger partial charge on any atom is -0.339 e. The van der Waals surface area contributed by atoms with Crippen molar-refractivity contribution in [2.24, 2.45) is 5.92 Å². The van der Waals surface area contributed by atoms with E-state index >= 15 is 0 Å². The number of carbonyl (C=O) groups excluding carboxylic acids is 1. The van der Waals surface area contributed by atoms with Gasteiger partial charge in [0.1, 0.15) is 5.69 Å². The molecule has 1 saturated heterocycles. The summed E-state index contributed by atoms with van der Waals surface area (Å²) < 4.78 is 5.38. The van der Waals surface area contributed by atoms with Gasteiger partial charge in [0.05, 0.1) is 6.20 Å². The summed E-state index contributed by atoms with van der Waals surface area (Å²) in [5.74, 6) is 1.39. The van der Waals surface area contributed by atoms with Crippen molar-refractivity contribution in [2.75, 3.05) is 13.1 Å². The monoisotopic (exact) mass is 356 g/mol. The molecule has 0 radical (unpaired) electrons. The molecule has 1 unspecified atom stereocenters. The second kappa shape index (κ2) is 7.80. The average Bonchev–Trinajstić information content (AvgIpc) is 3.35. The van der Waals surface area contributed by atoms with Gasteiger partial charge in [0.2, 0.25) is 11.7 Å². The van der Waals surface area contributed by atoms with E-state index in [1.807, 2.05) is 4.90 Å². The highest BCUT2D eigenvalue weighted by atomic mass is 16.5. The molecule has 1 aliphatic carbocycles. The zero-order valence-corrected chi connectivity index (χ0v) is 14.8. The Morgan fingerprint density at radius 1 is 1.23 bits per heavy atom. The van der Waals surface area contributed by atoms with E-state index in [9.17, 15) is 4.79 Å². The molecule has 8 heteroatoms. The smallest absolute Gasteiger partial charge is 0.317 e. The fraction of sp³-hybridized carbons (Fsp3) is 0.611. The van der Waals surface area contributed by atoms with Gasteiger partial charge in [-0.2, -0.15) is 4.98 Å². The Hall–Kier alpha value is -2.51. The second-order valence-electron chi connectivity index (χ2n) is 7.19. The van der Waals surface area contributed by atoms with Gasteiger partial charge in [-0.25, -0.2) is 9.78 Å². The largest absolute Gasteiger partial charge is 0.339 e. The van der Waals surface area contributed by atoms with Gasteiger partial charge >= 0.3 is 6.03 Å². The van der Waals surface area contributed by atoms with Gasteiger partial charge in [0, 0.05) is 37.9 Å². The minimum atomic E-state index is 0.0763. The quantitative estimate of drug-likeness (QED) is 0.904. The standard InChI is InChI=1S/C18H24N6O2/c25-18(21-14-5-1-2-6-14)24-9-3-4-13(12-24)10-16-22-17(23-26-16)15-11-19-7-8-20-15/h7-8,11,13-14H,1-6,9-10,12H2,(H,21,25). The van der Waals surface area contributed by atoms with Crippen molar-refractivity contribution in [1.82, 2.24) is 30.3 Å². The number of likely N-dealkylation sites (tertiary alicyclic amines) is 1. The maximum atomic E-state index is 12.5. The Kier molecular flexibility index (Phi) is 5.08. The number of rotatable bonds is 4. The predicted molar refractivity (Wildman–Crippen MR) is 94.1 cm³/mol. The number of nitrogens with zero attached hydrogens (tertiary/aromatic N) is 5. The lowest BCUT2D eigenvalue weighted by Crippen LogP contribution is -2.48. The molecule has 3 heterocycles. The van der Waals surface area contributed by atoms with Gasteiger partial charge in [-0.3, -0.25) is 4.98 Å². The van der Waals surface area contributed by atoms with Crippen molar-refractivity contribution in [3.05, 3.63) is 24.5 Å². The molecule has 26 heavy (non-hydrogen) atoms. The molecule has 2 aromatic rings. The number of aromatic nitrogens is 4. The first-order valence-electron chi connectivity index (χ1n) is 9.42. The lowest BCUT2D eigenvalue weighted by Gasteiger charge is -2.33. The van der Waals surface area contributed by atoms with E-state index in [0.717, 1.165) is 38.8 Å². The van der Waals surface area contributed by atoms with E-state index in [1.54, 1.807) is 18.6 Å². The van der Waals surface area contributed by atoms with Crippen LogP contribution in [0.15, 0.2) is 23.1 Å². The zero-order valence-electron chi connectivity index (χ0n) is 14.8. The van der Waals surface area contributed by atoms with Crippen LogP contribution in [-0.2, 0) is 6.42 Å². The normalized spacial score (nSPS) is 21.1. The number of piperidine rings is 1. The Labute approximate surface area is 152 Å². The first-order valence-corrected chi connectivity index (χ1v) is 9.42. The van der Waals surface area contributed by atoms with Crippen molar-refractivity contribution in [3.63, 3.8) is 0 Å². The number of hydrogen-bond acceptors (Lipinski definition) is 6. The molecule has 2 amide bonds. The zero-order chi connectivity index (χ0) is 17.8. The molecule has 138 valence electrons. The van der Waals surface area contributed by atoms with E-state index < -0.39 is 0 Å². The van der Waals surface area contributed by atoms with E-state index in [1.165, 1.54) is 12.8 Å².